The van der Waals surface area contributed by atoms with Crippen molar-refractivity contribution in [3.63, 3.8) is 0 Å². The van der Waals surface area contributed by atoms with Gasteiger partial charge in [0.15, 0.2) is 5.76 Å². The maximum Gasteiger partial charge on any atom is 0.347 e. The van der Waals surface area contributed by atoms with E-state index in [0.29, 0.717) is 32.1 Å². The Balaban J connectivity index is 1.72. The Hall–Kier alpha value is -3.10. The summed E-state index contributed by atoms with van der Waals surface area (Å²) in [7, 11) is 1.58. The molecule has 4 rings (SSSR count). The largest absolute Gasteiger partial charge is 0.496 e. The number of carbonyl (C=O) groups is 1. The van der Waals surface area contributed by atoms with Crippen LogP contribution < -0.4 is 9.47 Å². The minimum Gasteiger partial charge on any atom is -0.496 e. The van der Waals surface area contributed by atoms with Crippen LogP contribution in [0.4, 0.5) is 0 Å². The van der Waals surface area contributed by atoms with Crippen LogP contribution in [-0.4, -0.2) is 35.8 Å². The molecule has 0 spiro atoms. The van der Waals surface area contributed by atoms with E-state index in [-0.39, 0.29) is 18.9 Å². The first-order valence-electron chi connectivity index (χ1n) is 10.2. The molecule has 1 atom stereocenters. The molecule has 0 saturated carbocycles. The monoisotopic (exact) mass is 530 g/mol. The zero-order chi connectivity index (χ0) is 23.4. The fraction of sp³-hybridized carbons (Fsp3) is 0.208. The average molecular weight is 532 g/mol. The van der Waals surface area contributed by atoms with Crippen molar-refractivity contribution in [3.8, 4) is 23.0 Å². The number of hydrogen-bond acceptors (Lipinski definition) is 7. The van der Waals surface area contributed by atoms with Gasteiger partial charge in [-0.3, -0.25) is 0 Å². The van der Waals surface area contributed by atoms with Crippen molar-refractivity contribution in [1.29, 1.82) is 0 Å². The molecule has 0 aliphatic heterocycles. The second kappa shape index (κ2) is 10.2. The summed E-state index contributed by atoms with van der Waals surface area (Å²) in [4.78, 5) is 21.2. The molecule has 2 aromatic carbocycles. The van der Waals surface area contributed by atoms with E-state index in [1.54, 1.807) is 26.2 Å². The third kappa shape index (κ3) is 4.96. The van der Waals surface area contributed by atoms with Crippen molar-refractivity contribution < 1.29 is 23.4 Å². The van der Waals surface area contributed by atoms with Crippen LogP contribution in [0.3, 0.4) is 0 Å². The molecule has 0 N–H and O–H groups in total. The van der Waals surface area contributed by atoms with Gasteiger partial charge in [0.25, 0.3) is 0 Å². The Bertz CT molecular complexity index is 1280. The van der Waals surface area contributed by atoms with E-state index in [9.17, 15) is 4.79 Å². The van der Waals surface area contributed by atoms with Crippen LogP contribution in [0.15, 0.2) is 63.7 Å². The molecule has 0 saturated heterocycles. The van der Waals surface area contributed by atoms with Gasteiger partial charge in [0.05, 0.1) is 18.2 Å². The SMILES string of the molecule is CCOC(=O)C(Cc1ccccc1OC)Oc1ncnc2oc(-c3ccc(Cl)cc3)c(Br)c12. The number of hydrogen-bond donors (Lipinski definition) is 0. The number of aromatic nitrogens is 2. The molecule has 0 fully saturated rings. The summed E-state index contributed by atoms with van der Waals surface area (Å²) in [5, 5.41) is 1.13. The van der Waals surface area contributed by atoms with Crippen molar-refractivity contribution in [3.05, 3.63) is 69.9 Å². The summed E-state index contributed by atoms with van der Waals surface area (Å²) in [5.41, 5.74) is 1.92. The molecule has 0 radical (unpaired) electrons. The molecule has 0 amide bonds. The number of fused-ring (bicyclic) bond motifs is 1. The van der Waals surface area contributed by atoms with E-state index in [1.165, 1.54) is 6.33 Å². The Morgan fingerprint density at radius 3 is 2.64 bits per heavy atom. The molecule has 7 nitrogen and oxygen atoms in total. The third-order valence-electron chi connectivity index (χ3n) is 4.90. The van der Waals surface area contributed by atoms with Gasteiger partial charge in [0.1, 0.15) is 17.5 Å². The highest BCUT2D eigenvalue weighted by atomic mass is 79.9. The van der Waals surface area contributed by atoms with Crippen LogP contribution in [0, 0.1) is 0 Å². The molecule has 2 aromatic heterocycles. The molecular weight excluding hydrogens is 512 g/mol. The number of carbonyl (C=O) groups excluding carboxylic acids is 1. The van der Waals surface area contributed by atoms with Crippen molar-refractivity contribution >= 4 is 44.6 Å². The van der Waals surface area contributed by atoms with Gasteiger partial charge in [-0.1, -0.05) is 29.8 Å². The topological polar surface area (TPSA) is 83.7 Å². The highest BCUT2D eigenvalue weighted by molar-refractivity contribution is 9.10. The number of rotatable bonds is 8. The van der Waals surface area contributed by atoms with E-state index in [2.05, 4.69) is 25.9 Å². The van der Waals surface area contributed by atoms with Gasteiger partial charge in [0, 0.05) is 17.0 Å². The molecule has 1 unspecified atom stereocenters. The molecule has 0 bridgehead atoms. The fourth-order valence-electron chi connectivity index (χ4n) is 3.37. The number of methoxy groups -OCH3 is 1. The number of ether oxygens (including phenoxy) is 3. The van der Waals surface area contributed by atoms with E-state index >= 15 is 0 Å². The van der Waals surface area contributed by atoms with E-state index in [1.807, 2.05) is 36.4 Å². The summed E-state index contributed by atoms with van der Waals surface area (Å²) in [5.74, 6) is 0.888. The van der Waals surface area contributed by atoms with Crippen LogP contribution in [0.1, 0.15) is 12.5 Å². The lowest BCUT2D eigenvalue weighted by Gasteiger charge is -2.18. The zero-order valence-corrected chi connectivity index (χ0v) is 20.2. The van der Waals surface area contributed by atoms with Gasteiger partial charge >= 0.3 is 5.97 Å². The molecule has 9 heteroatoms. The van der Waals surface area contributed by atoms with Crippen LogP contribution >= 0.6 is 27.5 Å². The van der Waals surface area contributed by atoms with E-state index < -0.39 is 12.1 Å². The summed E-state index contributed by atoms with van der Waals surface area (Å²) in [6.45, 7) is 1.96. The van der Waals surface area contributed by atoms with Crippen molar-refractivity contribution in [1.82, 2.24) is 9.97 Å². The minimum atomic E-state index is -0.958. The predicted octanol–water partition coefficient (Wildman–Crippen LogP) is 5.87. The zero-order valence-electron chi connectivity index (χ0n) is 17.9. The van der Waals surface area contributed by atoms with Crippen molar-refractivity contribution in [2.75, 3.05) is 13.7 Å². The standard InChI is InChI=1S/C24H20BrClN2O5/c1-3-31-24(29)18(12-15-6-4-5-7-17(15)30-2)32-22-19-20(25)21(33-23(19)28-13-27-22)14-8-10-16(26)11-9-14/h4-11,13,18H,3,12H2,1-2H3. The van der Waals surface area contributed by atoms with Gasteiger partial charge in [-0.15, -0.1) is 0 Å². The highest BCUT2D eigenvalue weighted by Gasteiger charge is 2.27. The maximum atomic E-state index is 12.8. The molecule has 2 heterocycles. The molecule has 0 aliphatic carbocycles. The molecule has 0 aliphatic rings. The van der Waals surface area contributed by atoms with Gasteiger partial charge in [-0.05, 0) is 58.7 Å². The summed E-state index contributed by atoms with van der Waals surface area (Å²) < 4.78 is 23.3. The maximum absolute atomic E-state index is 12.8. The molecule has 33 heavy (non-hydrogen) atoms. The van der Waals surface area contributed by atoms with Gasteiger partial charge in [-0.2, -0.15) is 0 Å². The highest BCUT2D eigenvalue weighted by Crippen LogP contribution is 2.41. The lowest BCUT2D eigenvalue weighted by Crippen LogP contribution is -2.32. The number of nitrogens with zero attached hydrogens (tertiary/aromatic N) is 2. The van der Waals surface area contributed by atoms with Crippen LogP contribution in [-0.2, 0) is 16.0 Å². The Morgan fingerprint density at radius 2 is 1.91 bits per heavy atom. The fourth-order valence-corrected chi connectivity index (χ4v) is 4.14. The molecule has 170 valence electrons. The predicted molar refractivity (Wildman–Crippen MR) is 128 cm³/mol. The smallest absolute Gasteiger partial charge is 0.347 e. The van der Waals surface area contributed by atoms with E-state index in [0.717, 1.165) is 11.1 Å². The molecule has 4 aromatic rings. The third-order valence-corrected chi connectivity index (χ3v) is 5.91. The number of furan rings is 1. The quantitative estimate of drug-likeness (QED) is 0.263. The second-order valence-corrected chi connectivity index (χ2v) is 8.21. The van der Waals surface area contributed by atoms with Gasteiger partial charge in [-0.25, -0.2) is 14.8 Å². The summed E-state index contributed by atoms with van der Waals surface area (Å²) >= 11 is 9.59. The first-order valence-corrected chi connectivity index (χ1v) is 11.3. The van der Waals surface area contributed by atoms with Gasteiger partial charge < -0.3 is 18.6 Å². The lowest BCUT2D eigenvalue weighted by atomic mass is 10.1. The van der Waals surface area contributed by atoms with Crippen molar-refractivity contribution in [2.45, 2.75) is 19.4 Å². The Labute approximate surface area is 203 Å². The van der Waals surface area contributed by atoms with Crippen LogP contribution in [0.5, 0.6) is 11.6 Å². The van der Waals surface area contributed by atoms with Crippen molar-refractivity contribution in [2.24, 2.45) is 0 Å². The first-order chi connectivity index (χ1) is 16.0. The van der Waals surface area contributed by atoms with Crippen LogP contribution in [0.25, 0.3) is 22.4 Å². The second-order valence-electron chi connectivity index (χ2n) is 6.99. The normalized spacial score (nSPS) is 11.9. The number of benzene rings is 2. The van der Waals surface area contributed by atoms with E-state index in [4.69, 9.17) is 30.2 Å². The average Bonchev–Trinajstić information content (AvgIpc) is 3.17. The lowest BCUT2D eigenvalue weighted by molar-refractivity contribution is -0.151. The molecular formula is C24H20BrClN2O5. The minimum absolute atomic E-state index is 0.198. The number of halogens is 2. The Kier molecular flexibility index (Phi) is 7.15. The Morgan fingerprint density at radius 1 is 1.15 bits per heavy atom. The van der Waals surface area contributed by atoms with Crippen LogP contribution in [0.2, 0.25) is 5.02 Å². The van der Waals surface area contributed by atoms with Gasteiger partial charge in [0.2, 0.25) is 17.7 Å². The first kappa shape index (κ1) is 23.1. The number of para-hydroxylation sites is 1. The summed E-state index contributed by atoms with van der Waals surface area (Å²) in [6.07, 6.45) is 0.596. The summed E-state index contributed by atoms with van der Waals surface area (Å²) in [6, 6.07) is 14.6. The number of esters is 1.